The monoisotopic (exact) mass is 377 g/mol. The van der Waals surface area contributed by atoms with Gasteiger partial charge in [-0.2, -0.15) is 0 Å². The number of amides is 1. The number of rotatable bonds is 10. The fraction of sp³-hybridized carbons (Fsp3) is 0.263. The minimum Gasteiger partial charge on any atom is -0.494 e. The van der Waals surface area contributed by atoms with E-state index in [1.165, 1.54) is 0 Å². The number of hydrogen-bond acceptors (Lipinski definition) is 4. The van der Waals surface area contributed by atoms with Crippen LogP contribution in [0.15, 0.2) is 48.5 Å². The Bertz CT molecular complexity index is 733. The molecular formula is C19H20ClNO5. The summed E-state index contributed by atoms with van der Waals surface area (Å²) in [6, 6.07) is 14.2. The maximum Gasteiger partial charge on any atom is 0.303 e. The van der Waals surface area contributed by atoms with E-state index in [9.17, 15) is 9.59 Å². The molecule has 0 atom stereocenters. The maximum atomic E-state index is 11.8. The number of carboxylic acids is 1. The summed E-state index contributed by atoms with van der Waals surface area (Å²) in [5.41, 5.74) is 0.911. The van der Waals surface area contributed by atoms with Gasteiger partial charge >= 0.3 is 5.97 Å². The van der Waals surface area contributed by atoms with Gasteiger partial charge < -0.3 is 19.9 Å². The molecule has 0 radical (unpaired) electrons. The summed E-state index contributed by atoms with van der Waals surface area (Å²) in [5.74, 6) is 0.0401. The highest BCUT2D eigenvalue weighted by Crippen LogP contribution is 2.22. The van der Waals surface area contributed by atoms with Gasteiger partial charge in [-0.1, -0.05) is 35.9 Å². The average Bonchev–Trinajstić information content (AvgIpc) is 2.63. The quantitative estimate of drug-likeness (QED) is 0.621. The van der Waals surface area contributed by atoms with Crippen LogP contribution in [0.1, 0.15) is 18.4 Å². The van der Waals surface area contributed by atoms with Crippen molar-refractivity contribution in [2.45, 2.75) is 19.4 Å². The van der Waals surface area contributed by atoms with Crippen LogP contribution < -0.4 is 14.8 Å². The Morgan fingerprint density at radius 3 is 2.46 bits per heavy atom. The fourth-order valence-electron chi connectivity index (χ4n) is 2.07. The number of halogens is 1. The number of hydrogen-bond donors (Lipinski definition) is 2. The van der Waals surface area contributed by atoms with E-state index in [2.05, 4.69) is 5.32 Å². The van der Waals surface area contributed by atoms with E-state index in [1.807, 2.05) is 12.1 Å². The molecule has 0 aliphatic rings. The largest absolute Gasteiger partial charge is 0.494 e. The van der Waals surface area contributed by atoms with E-state index in [0.717, 1.165) is 5.56 Å². The second-order valence-electron chi connectivity index (χ2n) is 5.49. The van der Waals surface area contributed by atoms with Crippen LogP contribution in [0.4, 0.5) is 0 Å². The summed E-state index contributed by atoms with van der Waals surface area (Å²) in [6.07, 6.45) is 0.541. The Morgan fingerprint density at radius 1 is 1.04 bits per heavy atom. The van der Waals surface area contributed by atoms with E-state index in [4.69, 9.17) is 26.2 Å². The molecule has 0 aliphatic carbocycles. The van der Waals surface area contributed by atoms with Crippen LogP contribution in [0.5, 0.6) is 11.5 Å². The predicted octanol–water partition coefficient (Wildman–Crippen LogP) is 3.28. The third kappa shape index (κ3) is 7.03. The standard InChI is InChI=1S/C19H20ClNO5/c20-16-4-1-2-5-17(16)26-13-18(22)21-12-14-7-9-15(10-8-14)25-11-3-6-19(23)24/h1-2,4-5,7-10H,3,6,11-13H2,(H,21,22)(H,23,24). The topological polar surface area (TPSA) is 84.9 Å². The van der Waals surface area contributed by atoms with Gasteiger partial charge in [-0.25, -0.2) is 0 Å². The van der Waals surface area contributed by atoms with E-state index in [1.54, 1.807) is 36.4 Å². The molecular weight excluding hydrogens is 358 g/mol. The van der Waals surface area contributed by atoms with Crippen molar-refractivity contribution in [3.63, 3.8) is 0 Å². The molecule has 0 bridgehead atoms. The summed E-state index contributed by atoms with van der Waals surface area (Å²) in [7, 11) is 0. The Labute approximate surface area is 156 Å². The van der Waals surface area contributed by atoms with Gasteiger partial charge in [-0.15, -0.1) is 0 Å². The van der Waals surface area contributed by atoms with Crippen LogP contribution in [0.3, 0.4) is 0 Å². The molecule has 26 heavy (non-hydrogen) atoms. The lowest BCUT2D eigenvalue weighted by Crippen LogP contribution is -2.28. The van der Waals surface area contributed by atoms with Gasteiger partial charge in [0.2, 0.25) is 0 Å². The van der Waals surface area contributed by atoms with Crippen molar-refractivity contribution < 1.29 is 24.2 Å². The van der Waals surface area contributed by atoms with Crippen molar-refractivity contribution >= 4 is 23.5 Å². The SMILES string of the molecule is O=C(O)CCCOc1ccc(CNC(=O)COc2ccccc2Cl)cc1. The van der Waals surface area contributed by atoms with Crippen LogP contribution in [0.2, 0.25) is 5.02 Å². The highest BCUT2D eigenvalue weighted by molar-refractivity contribution is 6.32. The van der Waals surface area contributed by atoms with Crippen molar-refractivity contribution in [2.24, 2.45) is 0 Å². The zero-order chi connectivity index (χ0) is 18.8. The first-order chi connectivity index (χ1) is 12.5. The lowest BCUT2D eigenvalue weighted by atomic mass is 10.2. The maximum absolute atomic E-state index is 11.8. The van der Waals surface area contributed by atoms with Crippen molar-refractivity contribution in [3.8, 4) is 11.5 Å². The molecule has 1 amide bonds. The van der Waals surface area contributed by atoms with Gasteiger partial charge in [-0.05, 0) is 36.2 Å². The zero-order valence-corrected chi connectivity index (χ0v) is 14.9. The first-order valence-electron chi connectivity index (χ1n) is 8.12. The Hall–Kier alpha value is -2.73. The van der Waals surface area contributed by atoms with Crippen LogP contribution >= 0.6 is 11.6 Å². The minimum absolute atomic E-state index is 0.0837. The molecule has 7 heteroatoms. The highest BCUT2D eigenvalue weighted by Gasteiger charge is 2.05. The summed E-state index contributed by atoms with van der Waals surface area (Å²) in [4.78, 5) is 22.3. The second-order valence-corrected chi connectivity index (χ2v) is 5.89. The Morgan fingerprint density at radius 2 is 1.77 bits per heavy atom. The highest BCUT2D eigenvalue weighted by atomic mass is 35.5. The zero-order valence-electron chi connectivity index (χ0n) is 14.1. The van der Waals surface area contributed by atoms with Crippen molar-refractivity contribution in [1.29, 1.82) is 0 Å². The number of nitrogens with one attached hydrogen (secondary N) is 1. The van der Waals surface area contributed by atoms with Crippen molar-refractivity contribution in [3.05, 3.63) is 59.1 Å². The molecule has 0 aromatic heterocycles. The minimum atomic E-state index is -0.835. The summed E-state index contributed by atoms with van der Waals surface area (Å²) < 4.78 is 10.8. The Balaban J connectivity index is 1.69. The van der Waals surface area contributed by atoms with Gasteiger partial charge in [0.1, 0.15) is 11.5 Å². The number of carboxylic acid groups (broad SMARTS) is 1. The molecule has 0 aliphatic heterocycles. The molecule has 2 aromatic carbocycles. The van der Waals surface area contributed by atoms with Crippen LogP contribution in [0, 0.1) is 0 Å². The van der Waals surface area contributed by atoms with Gasteiger partial charge in [-0.3, -0.25) is 9.59 Å². The van der Waals surface area contributed by atoms with E-state index >= 15 is 0 Å². The second kappa shape index (κ2) is 10.3. The molecule has 2 rings (SSSR count). The normalized spacial score (nSPS) is 10.2. The molecule has 0 heterocycles. The fourth-order valence-corrected chi connectivity index (χ4v) is 2.26. The average molecular weight is 378 g/mol. The molecule has 0 saturated heterocycles. The molecule has 2 N–H and O–H groups in total. The molecule has 6 nitrogen and oxygen atoms in total. The summed E-state index contributed by atoms with van der Waals surface area (Å²) in [5, 5.41) is 11.8. The van der Waals surface area contributed by atoms with Gasteiger partial charge in [0, 0.05) is 13.0 Å². The number of carbonyl (C=O) groups excluding carboxylic acids is 1. The van der Waals surface area contributed by atoms with Gasteiger partial charge in [0.15, 0.2) is 6.61 Å². The van der Waals surface area contributed by atoms with E-state index in [-0.39, 0.29) is 18.9 Å². The lowest BCUT2D eigenvalue weighted by molar-refractivity contribution is -0.137. The van der Waals surface area contributed by atoms with Gasteiger partial charge in [0.05, 0.1) is 11.6 Å². The van der Waals surface area contributed by atoms with E-state index < -0.39 is 5.97 Å². The first-order valence-corrected chi connectivity index (χ1v) is 8.50. The lowest BCUT2D eigenvalue weighted by Gasteiger charge is -2.09. The number of carbonyl (C=O) groups is 2. The Kier molecular flexibility index (Phi) is 7.76. The van der Waals surface area contributed by atoms with Crippen molar-refractivity contribution in [2.75, 3.05) is 13.2 Å². The van der Waals surface area contributed by atoms with Crippen LogP contribution in [0.25, 0.3) is 0 Å². The molecule has 0 unspecified atom stereocenters. The molecule has 0 fully saturated rings. The number of benzene rings is 2. The first kappa shape index (κ1) is 19.6. The van der Waals surface area contributed by atoms with Crippen molar-refractivity contribution in [1.82, 2.24) is 5.32 Å². The summed E-state index contributed by atoms with van der Waals surface area (Å²) >= 11 is 5.96. The third-order valence-corrected chi connectivity index (χ3v) is 3.72. The molecule has 138 valence electrons. The van der Waals surface area contributed by atoms with Gasteiger partial charge in [0.25, 0.3) is 5.91 Å². The van der Waals surface area contributed by atoms with Crippen LogP contribution in [-0.2, 0) is 16.1 Å². The molecule has 0 saturated carbocycles. The third-order valence-electron chi connectivity index (χ3n) is 3.41. The number of ether oxygens (including phenoxy) is 2. The van der Waals surface area contributed by atoms with Crippen LogP contribution in [-0.4, -0.2) is 30.2 Å². The molecule has 0 spiro atoms. The van der Waals surface area contributed by atoms with E-state index in [0.29, 0.717) is 36.1 Å². The predicted molar refractivity (Wildman–Crippen MR) is 97.6 cm³/mol. The summed E-state index contributed by atoms with van der Waals surface area (Å²) in [6.45, 7) is 0.598. The number of aliphatic carboxylic acids is 1. The smallest absolute Gasteiger partial charge is 0.303 e. The molecule has 2 aromatic rings. The number of para-hydroxylation sites is 1.